The second-order valence-electron chi connectivity index (χ2n) is 4.40. The molecule has 18 heavy (non-hydrogen) atoms. The number of aromatic nitrogens is 2. The van der Waals surface area contributed by atoms with E-state index in [9.17, 15) is 0 Å². The standard InChI is InChI=1S/C12H12Cl2N2OS/c1-17-8-2-3-9-10(4-8)16-11(15-9)18-6-7-5-12(7,13)14/h2-4,7H,5-6H2,1H3,(H,15,16)/t7-/m0/s1. The number of nitrogens with zero attached hydrogens (tertiary/aromatic N) is 1. The topological polar surface area (TPSA) is 37.9 Å². The van der Waals surface area contributed by atoms with Crippen molar-refractivity contribution in [2.45, 2.75) is 15.9 Å². The lowest BCUT2D eigenvalue weighted by Gasteiger charge is -1.97. The van der Waals surface area contributed by atoms with E-state index in [0.717, 1.165) is 34.1 Å². The van der Waals surface area contributed by atoms with Crippen LogP contribution in [0.15, 0.2) is 23.4 Å². The fraction of sp³-hybridized carbons (Fsp3) is 0.417. The molecule has 1 aliphatic rings. The van der Waals surface area contributed by atoms with E-state index in [1.807, 2.05) is 18.2 Å². The Morgan fingerprint density at radius 1 is 1.56 bits per heavy atom. The van der Waals surface area contributed by atoms with E-state index in [1.54, 1.807) is 18.9 Å². The molecule has 3 nitrogen and oxygen atoms in total. The fourth-order valence-electron chi connectivity index (χ4n) is 1.79. The molecule has 0 unspecified atom stereocenters. The molecule has 1 saturated carbocycles. The molecule has 0 saturated heterocycles. The molecule has 1 N–H and O–H groups in total. The number of fused-ring (bicyclic) bond motifs is 1. The molecule has 3 rings (SSSR count). The van der Waals surface area contributed by atoms with E-state index >= 15 is 0 Å². The van der Waals surface area contributed by atoms with Crippen LogP contribution in [0.1, 0.15) is 6.42 Å². The summed E-state index contributed by atoms with van der Waals surface area (Å²) in [5.74, 6) is 2.09. The van der Waals surface area contributed by atoms with Crippen molar-refractivity contribution in [1.82, 2.24) is 9.97 Å². The van der Waals surface area contributed by atoms with Gasteiger partial charge in [-0.2, -0.15) is 0 Å². The summed E-state index contributed by atoms with van der Waals surface area (Å²) < 4.78 is 4.67. The molecule has 1 heterocycles. The largest absolute Gasteiger partial charge is 0.497 e. The normalized spacial score (nSPS) is 21.2. The second-order valence-corrected chi connectivity index (χ2v) is 6.95. The zero-order valence-corrected chi connectivity index (χ0v) is 12.1. The van der Waals surface area contributed by atoms with Gasteiger partial charge in [-0.1, -0.05) is 11.8 Å². The number of thioether (sulfide) groups is 1. The Labute approximate surface area is 119 Å². The van der Waals surface area contributed by atoms with E-state index < -0.39 is 4.33 Å². The molecule has 1 aromatic carbocycles. The number of aromatic amines is 1. The van der Waals surface area contributed by atoms with Gasteiger partial charge in [-0.25, -0.2) is 4.98 Å². The summed E-state index contributed by atoms with van der Waals surface area (Å²) in [7, 11) is 1.65. The molecule has 1 atom stereocenters. The summed E-state index contributed by atoms with van der Waals surface area (Å²) in [5.41, 5.74) is 1.92. The second kappa shape index (κ2) is 4.51. The van der Waals surface area contributed by atoms with Gasteiger partial charge in [-0.05, 0) is 18.6 Å². The van der Waals surface area contributed by atoms with Gasteiger partial charge in [0, 0.05) is 17.7 Å². The molecule has 6 heteroatoms. The quantitative estimate of drug-likeness (QED) is 0.688. The highest BCUT2D eigenvalue weighted by Gasteiger charge is 2.51. The minimum atomic E-state index is -0.512. The highest BCUT2D eigenvalue weighted by atomic mass is 35.5. The summed E-state index contributed by atoms with van der Waals surface area (Å²) in [6.45, 7) is 0. The Morgan fingerprint density at radius 3 is 3.00 bits per heavy atom. The van der Waals surface area contributed by atoms with Crippen molar-refractivity contribution >= 4 is 46.0 Å². The monoisotopic (exact) mass is 302 g/mol. The number of nitrogens with one attached hydrogen (secondary N) is 1. The maximum absolute atomic E-state index is 6.00. The zero-order chi connectivity index (χ0) is 12.8. The third kappa shape index (κ3) is 2.42. The number of H-pyrrole nitrogens is 1. The Bertz CT molecular complexity index is 584. The predicted octanol–water partition coefficient (Wildman–Crippen LogP) is 3.86. The third-order valence-corrected chi connectivity index (χ3v) is 5.01. The van der Waals surface area contributed by atoms with Crippen LogP contribution in [-0.2, 0) is 0 Å². The number of hydrogen-bond donors (Lipinski definition) is 1. The molecule has 0 bridgehead atoms. The van der Waals surface area contributed by atoms with Gasteiger partial charge in [0.15, 0.2) is 5.16 Å². The molecule has 0 amide bonds. The minimum Gasteiger partial charge on any atom is -0.497 e. The third-order valence-electron chi connectivity index (χ3n) is 3.04. The van der Waals surface area contributed by atoms with Crippen molar-refractivity contribution in [3.8, 4) is 5.75 Å². The SMILES string of the molecule is COc1ccc2nc(SC[C@@H]3CC3(Cl)Cl)[nH]c2c1. The lowest BCUT2D eigenvalue weighted by atomic mass is 10.3. The van der Waals surface area contributed by atoms with Crippen LogP contribution in [0, 0.1) is 5.92 Å². The Balaban J connectivity index is 1.73. The van der Waals surface area contributed by atoms with Gasteiger partial charge >= 0.3 is 0 Å². The van der Waals surface area contributed by atoms with Crippen molar-refractivity contribution in [1.29, 1.82) is 0 Å². The molecular weight excluding hydrogens is 291 g/mol. The Kier molecular flexibility index (Phi) is 3.12. The lowest BCUT2D eigenvalue weighted by molar-refractivity contribution is 0.415. The van der Waals surface area contributed by atoms with E-state index in [4.69, 9.17) is 27.9 Å². The summed E-state index contributed by atoms with van der Waals surface area (Å²) in [5, 5.41) is 0.897. The highest BCUT2D eigenvalue weighted by molar-refractivity contribution is 7.99. The van der Waals surface area contributed by atoms with E-state index in [-0.39, 0.29) is 0 Å². The van der Waals surface area contributed by atoms with Crippen molar-refractivity contribution in [3.63, 3.8) is 0 Å². The van der Waals surface area contributed by atoms with Gasteiger partial charge < -0.3 is 9.72 Å². The molecule has 2 aromatic rings. The molecule has 1 fully saturated rings. The number of hydrogen-bond acceptors (Lipinski definition) is 3. The highest BCUT2D eigenvalue weighted by Crippen LogP contribution is 2.54. The zero-order valence-electron chi connectivity index (χ0n) is 9.74. The van der Waals surface area contributed by atoms with Crippen LogP contribution < -0.4 is 4.74 Å². The molecule has 1 aliphatic carbocycles. The number of halogens is 2. The lowest BCUT2D eigenvalue weighted by Crippen LogP contribution is -1.93. The van der Waals surface area contributed by atoms with Crippen LogP contribution in [0.4, 0.5) is 0 Å². The molecular formula is C12H12Cl2N2OS. The number of rotatable bonds is 4. The number of ether oxygens (including phenoxy) is 1. The van der Waals surface area contributed by atoms with E-state index in [1.165, 1.54) is 0 Å². The van der Waals surface area contributed by atoms with Crippen molar-refractivity contribution in [2.24, 2.45) is 5.92 Å². The first-order valence-corrected chi connectivity index (χ1v) is 7.37. The number of methoxy groups -OCH3 is 1. The predicted molar refractivity (Wildman–Crippen MR) is 75.9 cm³/mol. The van der Waals surface area contributed by atoms with Crippen LogP contribution in [0.3, 0.4) is 0 Å². The summed E-state index contributed by atoms with van der Waals surface area (Å²) in [4.78, 5) is 7.77. The van der Waals surface area contributed by atoms with Crippen molar-refractivity contribution in [2.75, 3.05) is 12.9 Å². The fourth-order valence-corrected chi connectivity index (χ4v) is 3.61. The number of imidazole rings is 1. The smallest absolute Gasteiger partial charge is 0.166 e. The maximum Gasteiger partial charge on any atom is 0.166 e. The van der Waals surface area contributed by atoms with E-state index in [0.29, 0.717) is 5.92 Å². The first kappa shape index (κ1) is 12.5. The van der Waals surface area contributed by atoms with Gasteiger partial charge in [0.1, 0.15) is 10.1 Å². The Hall–Kier alpha value is -0.580. The van der Waals surface area contributed by atoms with Crippen LogP contribution in [0.5, 0.6) is 5.75 Å². The van der Waals surface area contributed by atoms with Crippen LogP contribution in [0.2, 0.25) is 0 Å². The van der Waals surface area contributed by atoms with Crippen LogP contribution in [0.25, 0.3) is 11.0 Å². The molecule has 0 radical (unpaired) electrons. The molecule has 0 aliphatic heterocycles. The van der Waals surface area contributed by atoms with Crippen LogP contribution >= 0.6 is 35.0 Å². The minimum absolute atomic E-state index is 0.369. The van der Waals surface area contributed by atoms with Crippen molar-refractivity contribution in [3.05, 3.63) is 18.2 Å². The van der Waals surface area contributed by atoms with Gasteiger partial charge in [0.2, 0.25) is 0 Å². The van der Waals surface area contributed by atoms with Gasteiger partial charge in [-0.15, -0.1) is 23.2 Å². The maximum atomic E-state index is 6.00. The number of alkyl halides is 2. The first-order chi connectivity index (χ1) is 8.58. The van der Waals surface area contributed by atoms with Crippen LogP contribution in [-0.4, -0.2) is 27.2 Å². The van der Waals surface area contributed by atoms with Gasteiger partial charge in [-0.3, -0.25) is 0 Å². The van der Waals surface area contributed by atoms with E-state index in [2.05, 4.69) is 9.97 Å². The summed E-state index contributed by atoms with van der Waals surface area (Å²) in [6, 6.07) is 5.79. The van der Waals surface area contributed by atoms with Gasteiger partial charge in [0.25, 0.3) is 0 Å². The average molecular weight is 303 g/mol. The van der Waals surface area contributed by atoms with Gasteiger partial charge in [0.05, 0.1) is 18.1 Å². The first-order valence-electron chi connectivity index (χ1n) is 5.63. The average Bonchev–Trinajstić information content (AvgIpc) is 2.79. The van der Waals surface area contributed by atoms with Crippen molar-refractivity contribution < 1.29 is 4.74 Å². The number of benzene rings is 1. The molecule has 96 valence electrons. The summed E-state index contributed by atoms with van der Waals surface area (Å²) >= 11 is 13.6. The summed E-state index contributed by atoms with van der Waals surface area (Å²) in [6.07, 6.45) is 0.872. The molecule has 0 spiro atoms. The Morgan fingerprint density at radius 2 is 2.33 bits per heavy atom. The molecule has 1 aromatic heterocycles.